The van der Waals surface area contributed by atoms with Crippen LogP contribution < -0.4 is 21.3 Å². The maximum absolute atomic E-state index is 15.5. The van der Waals surface area contributed by atoms with Crippen LogP contribution in [-0.2, 0) is 31.4 Å². The number of nitrogens with zero attached hydrogens (tertiary/aromatic N) is 5. The van der Waals surface area contributed by atoms with Gasteiger partial charge in [-0.25, -0.2) is 41.3 Å². The number of carboxylic acids is 1. The molecule has 2 aliphatic rings. The number of fused-ring (bicyclic) bond motifs is 1. The second-order valence-electron chi connectivity index (χ2n) is 13.6. The fourth-order valence-electron chi connectivity index (χ4n) is 6.80. The monoisotopic (exact) mass is 811 g/mol. The number of hydrogen-bond donors (Lipinski definition) is 3. The third kappa shape index (κ3) is 7.45. The van der Waals surface area contributed by atoms with Crippen molar-refractivity contribution in [3.63, 3.8) is 0 Å². The van der Waals surface area contributed by atoms with Crippen LogP contribution >= 0.6 is 10.8 Å². The molecule has 298 valence electrons. The van der Waals surface area contributed by atoms with Crippen molar-refractivity contribution in [3.05, 3.63) is 141 Å². The third-order valence-corrected chi connectivity index (χ3v) is 12.3. The number of amides is 1. The molecule has 2 fully saturated rings. The Labute approximate surface area is 330 Å². The van der Waals surface area contributed by atoms with E-state index in [9.17, 15) is 24.3 Å². The highest BCUT2D eigenvalue weighted by Gasteiger charge is 2.35. The van der Waals surface area contributed by atoms with Crippen LogP contribution in [0.15, 0.2) is 106 Å². The number of carboxylic acid groups (broad SMARTS) is 1. The smallest absolute Gasteiger partial charge is 0.335 e. The minimum atomic E-state index is -2.74. The van der Waals surface area contributed by atoms with Crippen LogP contribution in [0.3, 0.4) is 0 Å². The Morgan fingerprint density at radius 3 is 2.29 bits per heavy atom. The maximum Gasteiger partial charge on any atom is 0.335 e. The second kappa shape index (κ2) is 15.9. The molecular formula is C40H35F2N7O8S. The first-order chi connectivity index (χ1) is 28.0. The molecule has 2 saturated heterocycles. The minimum Gasteiger partial charge on any atom is -0.480 e. The fourth-order valence-corrected chi connectivity index (χ4v) is 8.53. The Kier molecular flexibility index (Phi) is 10.6. The Morgan fingerprint density at radius 1 is 0.931 bits per heavy atom. The first kappa shape index (κ1) is 38.5. The van der Waals surface area contributed by atoms with Gasteiger partial charge in [0, 0.05) is 62.8 Å². The standard InChI is InChI=1S/C40H35F2N7O8S/c1-48-35-21-43-13-10-29(35)38(51)49(40(48)54)27-6-2-23(3-7-27)16-34(39(52)53)46-37(50)30-17-32(42)33(18-31(30)41)47-58(56-22-57-58)28-8-4-24(5-9-28)26-19-44-36(45-20-26)25-11-14-55-15-12-25/h2-10,13,17-21,25,34,47H,11-12,14-16,22H2,1H3,(H,46,50)(H,52,53)/t34-/m0/s1. The van der Waals surface area contributed by atoms with E-state index in [1.807, 2.05) is 12.1 Å². The Morgan fingerprint density at radius 2 is 1.64 bits per heavy atom. The van der Waals surface area contributed by atoms with E-state index in [1.165, 1.54) is 54.3 Å². The summed E-state index contributed by atoms with van der Waals surface area (Å²) >= 11 is 0. The molecule has 6 aromatic rings. The molecule has 3 aromatic heterocycles. The number of pyridine rings is 1. The van der Waals surface area contributed by atoms with Crippen LogP contribution in [0, 0.1) is 11.6 Å². The van der Waals surface area contributed by atoms with Crippen molar-refractivity contribution in [2.75, 3.05) is 24.7 Å². The first-order valence-electron chi connectivity index (χ1n) is 18.1. The molecule has 0 aliphatic carbocycles. The normalized spacial score (nSPS) is 16.3. The topological polar surface area (TPSA) is 189 Å². The molecule has 8 rings (SSSR count). The number of ether oxygens (including phenoxy) is 1. The molecule has 5 heterocycles. The van der Waals surface area contributed by atoms with Crippen LogP contribution in [0.1, 0.15) is 40.5 Å². The molecule has 0 spiro atoms. The summed E-state index contributed by atoms with van der Waals surface area (Å²) in [5, 5.41) is 12.5. The van der Waals surface area contributed by atoms with Crippen LogP contribution in [0.2, 0.25) is 0 Å². The highest BCUT2D eigenvalue weighted by molar-refractivity contribution is 8.27. The Bertz CT molecular complexity index is 2650. The van der Waals surface area contributed by atoms with Gasteiger partial charge in [0.2, 0.25) is 0 Å². The van der Waals surface area contributed by atoms with Gasteiger partial charge in [-0.3, -0.25) is 23.9 Å². The van der Waals surface area contributed by atoms with Gasteiger partial charge in [-0.1, -0.05) is 35.0 Å². The molecule has 3 aromatic carbocycles. The molecular weight excluding hydrogens is 777 g/mol. The largest absolute Gasteiger partial charge is 0.480 e. The Hall–Kier alpha value is -6.34. The number of rotatable bonds is 11. The molecule has 3 N–H and O–H groups in total. The van der Waals surface area contributed by atoms with Gasteiger partial charge in [0.1, 0.15) is 23.5 Å². The predicted molar refractivity (Wildman–Crippen MR) is 208 cm³/mol. The second-order valence-corrected chi connectivity index (χ2v) is 15.8. The molecule has 58 heavy (non-hydrogen) atoms. The third-order valence-electron chi connectivity index (χ3n) is 10.0. The van der Waals surface area contributed by atoms with Crippen molar-refractivity contribution in [2.45, 2.75) is 36.1 Å². The zero-order chi connectivity index (χ0) is 40.6. The summed E-state index contributed by atoms with van der Waals surface area (Å²) in [5.41, 5.74) is 0.396. The number of nitrogens with one attached hydrogen (secondary N) is 2. The average molecular weight is 812 g/mol. The summed E-state index contributed by atoms with van der Waals surface area (Å²) in [6, 6.07) is 14.4. The van der Waals surface area contributed by atoms with E-state index in [4.69, 9.17) is 13.1 Å². The van der Waals surface area contributed by atoms with E-state index in [0.29, 0.717) is 35.3 Å². The summed E-state index contributed by atoms with van der Waals surface area (Å²) in [5.74, 6) is -3.69. The molecule has 1 amide bonds. The number of hydrogen-bond acceptors (Lipinski definition) is 11. The van der Waals surface area contributed by atoms with E-state index in [-0.39, 0.29) is 35.9 Å². The lowest BCUT2D eigenvalue weighted by atomic mass is 9.99. The van der Waals surface area contributed by atoms with E-state index in [2.05, 4.69) is 25.0 Å². The quantitative estimate of drug-likeness (QED) is 0.156. The lowest BCUT2D eigenvalue weighted by Crippen LogP contribution is -2.42. The van der Waals surface area contributed by atoms with E-state index in [1.54, 1.807) is 24.5 Å². The SMILES string of the molecule is Cn1c(=O)n(-c2ccc(C[C@H](NC(=O)c3cc(F)c(NS4(c5ccc(-c6cnc(C7CCOCC7)nc6)cc5)OCO4)cc3F)C(=O)O)cc2)c(=O)c2ccncc21. The van der Waals surface area contributed by atoms with Crippen molar-refractivity contribution < 1.29 is 36.6 Å². The summed E-state index contributed by atoms with van der Waals surface area (Å²) in [6.07, 6.45) is 7.87. The number of anilines is 1. The van der Waals surface area contributed by atoms with Gasteiger partial charge in [-0.2, -0.15) is 0 Å². The van der Waals surface area contributed by atoms with Gasteiger partial charge < -0.3 is 15.2 Å². The van der Waals surface area contributed by atoms with Crippen molar-refractivity contribution >= 4 is 39.2 Å². The van der Waals surface area contributed by atoms with Crippen LogP contribution in [-0.4, -0.2) is 67.1 Å². The molecule has 0 radical (unpaired) electrons. The lowest BCUT2D eigenvalue weighted by molar-refractivity contribution is -0.139. The summed E-state index contributed by atoms with van der Waals surface area (Å²) < 4.78 is 53.1. The number of aryl methyl sites for hydroxylation is 1. The van der Waals surface area contributed by atoms with E-state index >= 15 is 8.78 Å². The number of carbonyl (C=O) groups is 2. The zero-order valence-electron chi connectivity index (χ0n) is 30.8. The maximum atomic E-state index is 15.5. The number of benzene rings is 3. The van der Waals surface area contributed by atoms with Gasteiger partial charge in [0.05, 0.1) is 38.9 Å². The number of halogens is 2. The highest BCUT2D eigenvalue weighted by Crippen LogP contribution is 2.63. The summed E-state index contributed by atoms with van der Waals surface area (Å²) in [7, 11) is -1.23. The van der Waals surface area contributed by atoms with Gasteiger partial charge in [-0.05, 0) is 60.4 Å². The van der Waals surface area contributed by atoms with Gasteiger partial charge in [0.15, 0.2) is 6.79 Å². The number of carbonyl (C=O) groups excluding carboxylic acids is 1. The van der Waals surface area contributed by atoms with Crippen molar-refractivity contribution in [3.8, 4) is 16.8 Å². The molecule has 2 aliphatic heterocycles. The highest BCUT2D eigenvalue weighted by atomic mass is 32.3. The average Bonchev–Trinajstić information content (AvgIpc) is 3.23. The summed E-state index contributed by atoms with van der Waals surface area (Å²) in [4.78, 5) is 65.2. The van der Waals surface area contributed by atoms with E-state index < -0.39 is 57.1 Å². The fraction of sp³-hybridized carbons (Fsp3) is 0.225. The zero-order valence-corrected chi connectivity index (χ0v) is 31.6. The van der Waals surface area contributed by atoms with Crippen LogP contribution in [0.25, 0.3) is 27.7 Å². The molecule has 0 bridgehead atoms. The van der Waals surface area contributed by atoms with Crippen LogP contribution in [0.5, 0.6) is 0 Å². The first-order valence-corrected chi connectivity index (χ1v) is 19.6. The lowest BCUT2D eigenvalue weighted by Gasteiger charge is -2.50. The number of aliphatic carboxylic acids is 1. The molecule has 0 saturated carbocycles. The van der Waals surface area contributed by atoms with Gasteiger partial charge in [0.25, 0.3) is 11.5 Å². The predicted octanol–water partition coefficient (Wildman–Crippen LogP) is 5.16. The van der Waals surface area contributed by atoms with Crippen molar-refractivity contribution in [1.29, 1.82) is 0 Å². The molecule has 0 unspecified atom stereocenters. The van der Waals surface area contributed by atoms with Gasteiger partial charge in [-0.15, -0.1) is 0 Å². The van der Waals surface area contributed by atoms with Gasteiger partial charge >= 0.3 is 11.7 Å². The number of aromatic nitrogens is 5. The molecule has 1 atom stereocenters. The molecule has 15 nitrogen and oxygen atoms in total. The van der Waals surface area contributed by atoms with E-state index in [0.717, 1.165) is 40.4 Å². The summed E-state index contributed by atoms with van der Waals surface area (Å²) in [6.45, 7) is 1.28. The van der Waals surface area contributed by atoms with Crippen LogP contribution in [0.4, 0.5) is 14.5 Å². The Balaban J connectivity index is 0.944. The minimum absolute atomic E-state index is 0.0895. The molecule has 18 heteroatoms. The van der Waals surface area contributed by atoms with Crippen molar-refractivity contribution in [1.82, 2.24) is 29.4 Å². The van der Waals surface area contributed by atoms with Crippen molar-refractivity contribution in [2.24, 2.45) is 7.05 Å².